The third-order valence-electron chi connectivity index (χ3n) is 3.38. The number of rotatable bonds is 3. The zero-order valence-electron chi connectivity index (χ0n) is 9.33. The molecule has 1 saturated heterocycles. The first-order valence-electron chi connectivity index (χ1n) is 5.50. The topological polar surface area (TPSA) is 55.5 Å². The predicted molar refractivity (Wildman–Crippen MR) is 68.3 cm³/mol. The number of hydrogen-bond acceptors (Lipinski definition) is 3. The fourth-order valence-corrected chi connectivity index (χ4v) is 2.45. The highest BCUT2D eigenvalue weighted by Crippen LogP contribution is 2.41. The van der Waals surface area contributed by atoms with Crippen LogP contribution < -0.4 is 5.73 Å². The number of aliphatic hydroxyl groups is 1. The van der Waals surface area contributed by atoms with Gasteiger partial charge in [0.05, 0.1) is 22.8 Å². The lowest BCUT2D eigenvalue weighted by Crippen LogP contribution is -2.37. The lowest BCUT2D eigenvalue weighted by molar-refractivity contribution is 0.0191. The standard InChI is InChI=1S/C12H15Cl2NO2/c13-9-2-1-8(5-10(9)14)11(16)12(6-15)3-4-17-7-12/h1-2,5,11,16H,3-4,6-7,15H2. The Balaban J connectivity index is 2.29. The molecule has 0 saturated carbocycles. The van der Waals surface area contributed by atoms with E-state index < -0.39 is 11.5 Å². The summed E-state index contributed by atoms with van der Waals surface area (Å²) in [4.78, 5) is 0. The first kappa shape index (κ1) is 13.1. The number of halogens is 2. The molecule has 1 aromatic rings. The Hall–Kier alpha value is -0.320. The molecule has 0 radical (unpaired) electrons. The smallest absolute Gasteiger partial charge is 0.0881 e. The molecule has 0 aromatic heterocycles. The molecular weight excluding hydrogens is 261 g/mol. The van der Waals surface area contributed by atoms with Crippen LogP contribution in [0.25, 0.3) is 0 Å². The van der Waals surface area contributed by atoms with Crippen LogP contribution in [-0.2, 0) is 4.74 Å². The normalized spacial score (nSPS) is 26.1. The summed E-state index contributed by atoms with van der Waals surface area (Å²) < 4.78 is 5.35. The lowest BCUT2D eigenvalue weighted by Gasteiger charge is -2.31. The molecule has 2 unspecified atom stereocenters. The summed E-state index contributed by atoms with van der Waals surface area (Å²) in [5, 5.41) is 11.3. The summed E-state index contributed by atoms with van der Waals surface area (Å²) in [6.07, 6.45) is 0.0787. The summed E-state index contributed by atoms with van der Waals surface area (Å²) in [7, 11) is 0. The fraction of sp³-hybridized carbons (Fsp3) is 0.500. The van der Waals surface area contributed by atoms with Gasteiger partial charge in [-0.25, -0.2) is 0 Å². The van der Waals surface area contributed by atoms with Gasteiger partial charge in [-0.2, -0.15) is 0 Å². The van der Waals surface area contributed by atoms with Crippen molar-refractivity contribution >= 4 is 23.2 Å². The molecule has 0 spiro atoms. The first-order chi connectivity index (χ1) is 8.09. The molecule has 1 aliphatic rings. The van der Waals surface area contributed by atoms with Crippen molar-refractivity contribution in [3.05, 3.63) is 33.8 Å². The van der Waals surface area contributed by atoms with Gasteiger partial charge in [0.1, 0.15) is 0 Å². The second-order valence-corrected chi connectivity index (χ2v) is 5.26. The molecule has 17 heavy (non-hydrogen) atoms. The molecule has 0 aliphatic carbocycles. The van der Waals surface area contributed by atoms with Gasteiger partial charge in [-0.15, -0.1) is 0 Å². The van der Waals surface area contributed by atoms with Crippen molar-refractivity contribution in [2.24, 2.45) is 11.1 Å². The van der Waals surface area contributed by atoms with Gasteiger partial charge in [-0.1, -0.05) is 29.3 Å². The average Bonchev–Trinajstić information content (AvgIpc) is 2.81. The number of aliphatic hydroxyl groups excluding tert-OH is 1. The minimum atomic E-state index is -0.676. The van der Waals surface area contributed by atoms with Crippen molar-refractivity contribution in [3.63, 3.8) is 0 Å². The Morgan fingerprint density at radius 2 is 2.18 bits per heavy atom. The van der Waals surface area contributed by atoms with E-state index in [0.717, 1.165) is 12.0 Å². The molecule has 2 rings (SSSR count). The molecule has 5 heteroatoms. The van der Waals surface area contributed by atoms with Crippen LogP contribution in [0, 0.1) is 5.41 Å². The van der Waals surface area contributed by atoms with E-state index >= 15 is 0 Å². The van der Waals surface area contributed by atoms with Gasteiger partial charge in [0.25, 0.3) is 0 Å². The van der Waals surface area contributed by atoms with Crippen molar-refractivity contribution in [1.82, 2.24) is 0 Å². The zero-order chi connectivity index (χ0) is 12.5. The van der Waals surface area contributed by atoms with Crippen molar-refractivity contribution in [2.45, 2.75) is 12.5 Å². The highest BCUT2D eigenvalue weighted by atomic mass is 35.5. The zero-order valence-corrected chi connectivity index (χ0v) is 10.8. The molecule has 0 amide bonds. The highest BCUT2D eigenvalue weighted by molar-refractivity contribution is 6.42. The van der Waals surface area contributed by atoms with Crippen LogP contribution in [0.15, 0.2) is 18.2 Å². The van der Waals surface area contributed by atoms with Gasteiger partial charge in [-0.3, -0.25) is 0 Å². The van der Waals surface area contributed by atoms with E-state index in [1.165, 1.54) is 0 Å². The summed E-state index contributed by atoms with van der Waals surface area (Å²) in [5.41, 5.74) is 6.10. The molecular formula is C12H15Cl2NO2. The quantitative estimate of drug-likeness (QED) is 0.891. The van der Waals surface area contributed by atoms with Crippen LogP contribution >= 0.6 is 23.2 Å². The van der Waals surface area contributed by atoms with Gasteiger partial charge in [-0.05, 0) is 24.1 Å². The highest BCUT2D eigenvalue weighted by Gasteiger charge is 2.41. The van der Waals surface area contributed by atoms with E-state index in [4.69, 9.17) is 33.7 Å². The molecule has 2 atom stereocenters. The third-order valence-corrected chi connectivity index (χ3v) is 4.12. The largest absolute Gasteiger partial charge is 0.388 e. The Labute approximate surface area is 110 Å². The number of hydrogen-bond donors (Lipinski definition) is 2. The van der Waals surface area contributed by atoms with E-state index in [0.29, 0.717) is 29.8 Å². The van der Waals surface area contributed by atoms with Crippen LogP contribution in [0.3, 0.4) is 0 Å². The molecule has 0 bridgehead atoms. The van der Waals surface area contributed by atoms with Crippen LogP contribution in [0.1, 0.15) is 18.1 Å². The van der Waals surface area contributed by atoms with E-state index in [2.05, 4.69) is 0 Å². The monoisotopic (exact) mass is 275 g/mol. The Morgan fingerprint density at radius 1 is 1.41 bits per heavy atom. The van der Waals surface area contributed by atoms with Gasteiger partial charge < -0.3 is 15.6 Å². The second-order valence-electron chi connectivity index (χ2n) is 4.45. The van der Waals surface area contributed by atoms with Crippen LogP contribution in [0.4, 0.5) is 0 Å². The maximum atomic E-state index is 10.4. The van der Waals surface area contributed by atoms with Gasteiger partial charge in [0, 0.05) is 18.6 Å². The Morgan fingerprint density at radius 3 is 2.71 bits per heavy atom. The Kier molecular flexibility index (Phi) is 3.95. The lowest BCUT2D eigenvalue weighted by atomic mass is 9.78. The van der Waals surface area contributed by atoms with Crippen molar-refractivity contribution in [2.75, 3.05) is 19.8 Å². The minimum absolute atomic E-state index is 0.383. The first-order valence-corrected chi connectivity index (χ1v) is 6.25. The van der Waals surface area contributed by atoms with Crippen LogP contribution in [0.2, 0.25) is 10.0 Å². The van der Waals surface area contributed by atoms with Crippen LogP contribution in [0.5, 0.6) is 0 Å². The predicted octanol–water partition coefficient (Wildman–Crippen LogP) is 2.39. The molecule has 3 nitrogen and oxygen atoms in total. The van der Waals surface area contributed by atoms with E-state index in [-0.39, 0.29) is 0 Å². The number of nitrogens with two attached hydrogens (primary N) is 1. The van der Waals surface area contributed by atoms with Crippen molar-refractivity contribution < 1.29 is 9.84 Å². The van der Waals surface area contributed by atoms with Crippen molar-refractivity contribution in [3.8, 4) is 0 Å². The van der Waals surface area contributed by atoms with Crippen molar-refractivity contribution in [1.29, 1.82) is 0 Å². The van der Waals surface area contributed by atoms with E-state index in [1.807, 2.05) is 0 Å². The van der Waals surface area contributed by atoms with Gasteiger partial charge in [0.2, 0.25) is 0 Å². The molecule has 1 heterocycles. The molecule has 1 fully saturated rings. The summed E-state index contributed by atoms with van der Waals surface area (Å²) in [6, 6.07) is 5.14. The molecule has 94 valence electrons. The minimum Gasteiger partial charge on any atom is -0.388 e. The van der Waals surface area contributed by atoms with E-state index in [1.54, 1.807) is 18.2 Å². The fourth-order valence-electron chi connectivity index (χ4n) is 2.15. The maximum Gasteiger partial charge on any atom is 0.0881 e. The molecule has 1 aromatic carbocycles. The maximum absolute atomic E-state index is 10.4. The Bertz CT molecular complexity index is 405. The molecule has 1 aliphatic heterocycles. The molecule has 3 N–H and O–H groups in total. The SMILES string of the molecule is NCC1(C(O)c2ccc(Cl)c(Cl)c2)CCOC1. The van der Waals surface area contributed by atoms with Gasteiger partial charge in [0.15, 0.2) is 0 Å². The number of ether oxygens (including phenoxy) is 1. The number of benzene rings is 1. The summed E-state index contributed by atoms with van der Waals surface area (Å²) in [5.74, 6) is 0. The third kappa shape index (κ3) is 2.44. The summed E-state index contributed by atoms with van der Waals surface area (Å²) >= 11 is 11.8. The average molecular weight is 276 g/mol. The van der Waals surface area contributed by atoms with E-state index in [9.17, 15) is 5.11 Å². The summed E-state index contributed by atoms with van der Waals surface area (Å²) in [6.45, 7) is 1.49. The van der Waals surface area contributed by atoms with Crippen LogP contribution in [-0.4, -0.2) is 24.9 Å². The second kappa shape index (κ2) is 5.12. The van der Waals surface area contributed by atoms with Gasteiger partial charge >= 0.3 is 0 Å².